The largest absolute Gasteiger partial charge is 0.489 e. The molecule has 140 valence electrons. The Balaban J connectivity index is 1.39. The fraction of sp³-hybridized carbons (Fsp3) is 0.136. The molecule has 0 saturated carbocycles. The molecule has 0 spiro atoms. The number of pyridine rings is 1. The summed E-state index contributed by atoms with van der Waals surface area (Å²) in [5.74, 6) is 1.29. The summed E-state index contributed by atoms with van der Waals surface area (Å²) >= 11 is 0. The van der Waals surface area contributed by atoms with E-state index in [2.05, 4.69) is 40.4 Å². The highest BCUT2D eigenvalue weighted by molar-refractivity contribution is 5.69. The molecule has 2 N–H and O–H groups in total. The summed E-state index contributed by atoms with van der Waals surface area (Å²) in [6, 6.07) is 20.1. The number of anilines is 1. The van der Waals surface area contributed by atoms with Gasteiger partial charge in [0.25, 0.3) is 0 Å². The van der Waals surface area contributed by atoms with Crippen LogP contribution in [0.5, 0.6) is 5.75 Å². The predicted molar refractivity (Wildman–Crippen MR) is 109 cm³/mol. The Morgan fingerprint density at radius 2 is 1.86 bits per heavy atom. The Bertz CT molecular complexity index is 1070. The van der Waals surface area contributed by atoms with Gasteiger partial charge in [-0.1, -0.05) is 47.2 Å². The second-order valence-electron chi connectivity index (χ2n) is 6.66. The van der Waals surface area contributed by atoms with Gasteiger partial charge in [-0.25, -0.2) is 9.67 Å². The van der Waals surface area contributed by atoms with Gasteiger partial charge < -0.3 is 10.5 Å². The van der Waals surface area contributed by atoms with Gasteiger partial charge in [0.2, 0.25) is 0 Å². The molecule has 0 atom stereocenters. The van der Waals surface area contributed by atoms with Crippen LogP contribution < -0.4 is 10.5 Å². The summed E-state index contributed by atoms with van der Waals surface area (Å²) in [5, 5.41) is 8.39. The molecule has 2 heterocycles. The van der Waals surface area contributed by atoms with Crippen molar-refractivity contribution >= 4 is 5.82 Å². The summed E-state index contributed by atoms with van der Waals surface area (Å²) in [6.45, 7) is 3.25. The van der Waals surface area contributed by atoms with E-state index in [4.69, 9.17) is 10.5 Å². The first-order valence-corrected chi connectivity index (χ1v) is 9.06. The van der Waals surface area contributed by atoms with E-state index in [-0.39, 0.29) is 0 Å². The van der Waals surface area contributed by atoms with Crippen molar-refractivity contribution in [3.63, 3.8) is 0 Å². The number of benzene rings is 2. The van der Waals surface area contributed by atoms with Crippen LogP contribution in [-0.2, 0) is 13.2 Å². The number of nitrogens with zero attached hydrogens (tertiary/aromatic N) is 4. The number of nitrogens with two attached hydrogens (primary N) is 1. The quantitative estimate of drug-likeness (QED) is 0.557. The van der Waals surface area contributed by atoms with Crippen molar-refractivity contribution in [1.82, 2.24) is 20.0 Å². The molecule has 0 unspecified atom stereocenters. The number of rotatable bonds is 6. The summed E-state index contributed by atoms with van der Waals surface area (Å²) in [4.78, 5) is 4.09. The molecule has 6 nitrogen and oxygen atoms in total. The van der Waals surface area contributed by atoms with Crippen molar-refractivity contribution in [2.45, 2.75) is 20.1 Å². The van der Waals surface area contributed by atoms with Crippen LogP contribution in [0, 0.1) is 6.92 Å². The van der Waals surface area contributed by atoms with Crippen LogP contribution in [0.3, 0.4) is 0 Å². The molecular formula is C22H21N5O. The van der Waals surface area contributed by atoms with Crippen molar-refractivity contribution < 1.29 is 4.74 Å². The van der Waals surface area contributed by atoms with Crippen molar-refractivity contribution in [2.75, 3.05) is 5.73 Å². The van der Waals surface area contributed by atoms with Gasteiger partial charge in [0.15, 0.2) is 0 Å². The molecule has 4 rings (SSSR count). The van der Waals surface area contributed by atoms with Crippen LogP contribution >= 0.6 is 0 Å². The van der Waals surface area contributed by atoms with E-state index >= 15 is 0 Å². The minimum Gasteiger partial charge on any atom is -0.489 e. The maximum absolute atomic E-state index is 5.91. The van der Waals surface area contributed by atoms with Gasteiger partial charge >= 0.3 is 0 Å². The van der Waals surface area contributed by atoms with Crippen LogP contribution in [0.15, 0.2) is 73.1 Å². The first-order chi connectivity index (χ1) is 13.7. The molecule has 28 heavy (non-hydrogen) atoms. The summed E-state index contributed by atoms with van der Waals surface area (Å²) in [7, 11) is 0. The minimum absolute atomic E-state index is 0.449. The number of nitrogen functional groups attached to an aromatic ring is 1. The maximum atomic E-state index is 5.91. The van der Waals surface area contributed by atoms with E-state index in [1.807, 2.05) is 48.7 Å². The zero-order chi connectivity index (χ0) is 19.3. The Morgan fingerprint density at radius 1 is 1.00 bits per heavy atom. The van der Waals surface area contributed by atoms with Gasteiger partial charge in [-0.2, -0.15) is 0 Å². The van der Waals surface area contributed by atoms with Gasteiger partial charge in [0.1, 0.15) is 23.9 Å². The first-order valence-electron chi connectivity index (χ1n) is 9.06. The zero-order valence-electron chi connectivity index (χ0n) is 15.6. The number of aryl methyl sites for hydroxylation is 1. The Kier molecular flexibility index (Phi) is 5.01. The lowest BCUT2D eigenvalue weighted by Crippen LogP contribution is -2.01. The lowest BCUT2D eigenvalue weighted by Gasteiger charge is -2.08. The van der Waals surface area contributed by atoms with Gasteiger partial charge in [-0.15, -0.1) is 5.10 Å². The highest BCUT2D eigenvalue weighted by Crippen LogP contribution is 2.21. The topological polar surface area (TPSA) is 78.9 Å². The van der Waals surface area contributed by atoms with E-state index in [0.717, 1.165) is 22.4 Å². The van der Waals surface area contributed by atoms with Crippen LogP contribution in [0.1, 0.15) is 16.7 Å². The van der Waals surface area contributed by atoms with Crippen LogP contribution in [0.2, 0.25) is 0 Å². The third-order valence-electron chi connectivity index (χ3n) is 4.41. The number of aromatic nitrogens is 4. The van der Waals surface area contributed by atoms with Crippen LogP contribution in [0.25, 0.3) is 11.3 Å². The number of ether oxygens (including phenoxy) is 1. The Hall–Kier alpha value is -3.67. The Morgan fingerprint density at radius 3 is 2.64 bits per heavy atom. The number of hydrogen-bond acceptors (Lipinski definition) is 5. The molecule has 0 radical (unpaired) electrons. The van der Waals surface area contributed by atoms with E-state index in [1.54, 1.807) is 10.9 Å². The SMILES string of the molecule is Cc1cccc(COc2ccc(Cn3cc(-c4cccnc4N)nn3)cc2)c1. The first kappa shape index (κ1) is 17.7. The molecule has 0 aliphatic rings. The van der Waals surface area contributed by atoms with Gasteiger partial charge in [-0.3, -0.25) is 0 Å². The molecular weight excluding hydrogens is 350 g/mol. The average Bonchev–Trinajstić information content (AvgIpc) is 3.16. The third kappa shape index (κ3) is 4.17. The molecule has 6 heteroatoms. The minimum atomic E-state index is 0.449. The number of hydrogen-bond donors (Lipinski definition) is 1. The third-order valence-corrected chi connectivity index (χ3v) is 4.41. The summed E-state index contributed by atoms with van der Waals surface area (Å²) < 4.78 is 7.65. The predicted octanol–water partition coefficient (Wildman–Crippen LogP) is 3.86. The molecule has 2 aromatic heterocycles. The highest BCUT2D eigenvalue weighted by Gasteiger charge is 2.08. The molecule has 0 saturated heterocycles. The van der Waals surface area contributed by atoms with Gasteiger partial charge in [-0.05, 0) is 42.3 Å². The second kappa shape index (κ2) is 7.92. The lowest BCUT2D eigenvalue weighted by molar-refractivity contribution is 0.306. The van der Waals surface area contributed by atoms with Crippen LogP contribution in [-0.4, -0.2) is 20.0 Å². The lowest BCUT2D eigenvalue weighted by atomic mass is 10.1. The molecule has 0 aliphatic heterocycles. The zero-order valence-corrected chi connectivity index (χ0v) is 15.6. The second-order valence-corrected chi connectivity index (χ2v) is 6.66. The molecule has 0 aliphatic carbocycles. The molecule has 4 aromatic rings. The summed E-state index contributed by atoms with van der Waals surface area (Å²) in [5.41, 5.74) is 10.9. The van der Waals surface area contributed by atoms with Crippen molar-refractivity contribution in [3.8, 4) is 17.0 Å². The molecule has 2 aromatic carbocycles. The smallest absolute Gasteiger partial charge is 0.132 e. The van der Waals surface area contributed by atoms with Gasteiger partial charge in [0, 0.05) is 11.8 Å². The average molecular weight is 371 g/mol. The normalized spacial score (nSPS) is 10.8. The van der Waals surface area contributed by atoms with Crippen LogP contribution in [0.4, 0.5) is 5.82 Å². The van der Waals surface area contributed by atoms with E-state index in [0.29, 0.717) is 24.7 Å². The fourth-order valence-electron chi connectivity index (χ4n) is 2.98. The summed E-state index contributed by atoms with van der Waals surface area (Å²) in [6.07, 6.45) is 3.53. The standard InChI is InChI=1S/C22H21N5O/c1-16-4-2-5-18(12-16)15-28-19-9-7-17(8-10-19)13-27-14-21(25-26-27)20-6-3-11-24-22(20)23/h2-12,14H,13,15H2,1H3,(H2,23,24). The van der Waals surface area contributed by atoms with Gasteiger partial charge in [0.05, 0.1) is 12.7 Å². The molecule has 0 fully saturated rings. The van der Waals surface area contributed by atoms with Crippen molar-refractivity contribution in [1.29, 1.82) is 0 Å². The highest BCUT2D eigenvalue weighted by atomic mass is 16.5. The van der Waals surface area contributed by atoms with E-state index < -0.39 is 0 Å². The monoisotopic (exact) mass is 371 g/mol. The fourth-order valence-corrected chi connectivity index (χ4v) is 2.98. The molecule has 0 bridgehead atoms. The maximum Gasteiger partial charge on any atom is 0.132 e. The van der Waals surface area contributed by atoms with E-state index in [1.165, 1.54) is 5.56 Å². The van der Waals surface area contributed by atoms with Crippen molar-refractivity contribution in [3.05, 3.63) is 89.7 Å². The Labute approximate surface area is 163 Å². The van der Waals surface area contributed by atoms with E-state index in [9.17, 15) is 0 Å². The molecule has 0 amide bonds. The van der Waals surface area contributed by atoms with Crippen molar-refractivity contribution in [2.24, 2.45) is 0 Å².